The lowest BCUT2D eigenvalue weighted by molar-refractivity contribution is 0.406. The zero-order chi connectivity index (χ0) is 12.7. The minimum atomic E-state index is 0.132. The van der Waals surface area contributed by atoms with E-state index in [2.05, 4.69) is 28.7 Å². The first-order valence-corrected chi connectivity index (χ1v) is 6.54. The summed E-state index contributed by atoms with van der Waals surface area (Å²) in [7, 11) is 0. The predicted molar refractivity (Wildman–Crippen MR) is 69.4 cm³/mol. The highest BCUT2D eigenvalue weighted by Crippen LogP contribution is 2.32. The van der Waals surface area contributed by atoms with Crippen molar-refractivity contribution in [1.29, 1.82) is 0 Å². The third-order valence-electron chi connectivity index (χ3n) is 3.80. The van der Waals surface area contributed by atoms with Gasteiger partial charge in [0, 0.05) is 17.9 Å². The molecule has 4 nitrogen and oxygen atoms in total. The molecule has 2 heterocycles. The van der Waals surface area contributed by atoms with Gasteiger partial charge in [0.25, 0.3) is 0 Å². The molecule has 18 heavy (non-hydrogen) atoms. The molecular weight excluding hydrogens is 226 g/mol. The molecule has 2 unspecified atom stereocenters. The average Bonchev–Trinajstić information content (AvgIpc) is 2.95. The molecule has 0 saturated heterocycles. The molecule has 1 aliphatic rings. The summed E-state index contributed by atoms with van der Waals surface area (Å²) in [5.41, 5.74) is 8.78. The maximum atomic E-state index is 6.15. The fourth-order valence-corrected chi connectivity index (χ4v) is 2.80. The molecule has 2 N–H and O–H groups in total. The molecule has 0 aliphatic heterocycles. The van der Waals surface area contributed by atoms with E-state index in [0.717, 1.165) is 30.9 Å². The van der Waals surface area contributed by atoms with Gasteiger partial charge >= 0.3 is 0 Å². The van der Waals surface area contributed by atoms with E-state index in [1.165, 1.54) is 11.3 Å². The van der Waals surface area contributed by atoms with Crippen LogP contribution in [0.2, 0.25) is 0 Å². The van der Waals surface area contributed by atoms with Crippen LogP contribution in [0.1, 0.15) is 54.8 Å². The molecule has 2 aromatic heterocycles. The predicted octanol–water partition coefficient (Wildman–Crippen LogP) is 2.73. The van der Waals surface area contributed by atoms with E-state index in [-0.39, 0.29) is 12.1 Å². The summed E-state index contributed by atoms with van der Waals surface area (Å²) >= 11 is 0. The van der Waals surface area contributed by atoms with Crippen molar-refractivity contribution in [2.45, 2.75) is 45.2 Å². The first-order valence-electron chi connectivity index (χ1n) is 6.54. The van der Waals surface area contributed by atoms with Crippen LogP contribution in [0.25, 0.3) is 0 Å². The van der Waals surface area contributed by atoms with Crippen LogP contribution in [-0.2, 0) is 6.42 Å². The van der Waals surface area contributed by atoms with Crippen molar-refractivity contribution in [3.05, 3.63) is 41.4 Å². The van der Waals surface area contributed by atoms with Gasteiger partial charge in [-0.25, -0.2) is 4.98 Å². The van der Waals surface area contributed by atoms with Gasteiger partial charge in [-0.3, -0.25) is 0 Å². The van der Waals surface area contributed by atoms with Crippen molar-refractivity contribution in [2.24, 2.45) is 5.73 Å². The Morgan fingerprint density at radius 2 is 2.39 bits per heavy atom. The van der Waals surface area contributed by atoms with E-state index in [0.29, 0.717) is 0 Å². The second-order valence-electron chi connectivity index (χ2n) is 5.11. The van der Waals surface area contributed by atoms with Gasteiger partial charge in [-0.1, -0.05) is 0 Å². The zero-order valence-electron chi connectivity index (χ0n) is 10.9. The van der Waals surface area contributed by atoms with Crippen molar-refractivity contribution >= 4 is 0 Å². The van der Waals surface area contributed by atoms with Crippen molar-refractivity contribution in [3.63, 3.8) is 0 Å². The molecule has 96 valence electrons. The average molecular weight is 245 g/mol. The number of nitrogens with two attached hydrogens (primary N) is 1. The van der Waals surface area contributed by atoms with Gasteiger partial charge in [0.2, 0.25) is 5.89 Å². The Kier molecular flexibility index (Phi) is 2.74. The fraction of sp³-hybridized carbons (Fsp3) is 0.500. The molecule has 0 radical (unpaired) electrons. The number of aromatic nitrogens is 2. The van der Waals surface area contributed by atoms with Crippen molar-refractivity contribution in [1.82, 2.24) is 9.55 Å². The molecule has 0 fully saturated rings. The maximum absolute atomic E-state index is 6.15. The highest BCUT2D eigenvalue weighted by Gasteiger charge is 2.23. The molecule has 3 rings (SSSR count). The smallest absolute Gasteiger partial charge is 0.217 e. The summed E-state index contributed by atoms with van der Waals surface area (Å²) in [5.74, 6) is 1.62. The Morgan fingerprint density at radius 1 is 1.56 bits per heavy atom. The summed E-state index contributed by atoms with van der Waals surface area (Å²) in [6.45, 7) is 4.04. The van der Waals surface area contributed by atoms with Crippen molar-refractivity contribution < 1.29 is 4.42 Å². The Labute approximate surface area is 107 Å². The zero-order valence-corrected chi connectivity index (χ0v) is 10.9. The first kappa shape index (κ1) is 11.5. The van der Waals surface area contributed by atoms with Crippen molar-refractivity contribution in [2.75, 3.05) is 0 Å². The van der Waals surface area contributed by atoms with Crippen molar-refractivity contribution in [3.8, 4) is 0 Å². The van der Waals surface area contributed by atoms with Gasteiger partial charge in [0.05, 0.1) is 6.20 Å². The quantitative estimate of drug-likeness (QED) is 0.885. The molecular formula is C14H19N3O. The van der Waals surface area contributed by atoms with Crippen LogP contribution < -0.4 is 5.73 Å². The van der Waals surface area contributed by atoms with Crippen LogP contribution in [0, 0.1) is 6.92 Å². The number of aryl methyl sites for hydroxylation is 1. The van der Waals surface area contributed by atoms with Crippen LogP contribution in [-0.4, -0.2) is 9.55 Å². The molecule has 4 heteroatoms. The third kappa shape index (κ3) is 1.77. The van der Waals surface area contributed by atoms with Gasteiger partial charge in [-0.2, -0.15) is 0 Å². The van der Waals surface area contributed by atoms with E-state index < -0.39 is 0 Å². The molecule has 2 atom stereocenters. The van der Waals surface area contributed by atoms with Crippen LogP contribution >= 0.6 is 0 Å². The van der Waals surface area contributed by atoms with Crippen LogP contribution in [0.4, 0.5) is 0 Å². The topological polar surface area (TPSA) is 57.0 Å². The standard InChI is InChI=1S/C14H19N3O/c1-9-8-16-14(18-9)10(2)17-7-6-11-12(15)4-3-5-13(11)17/h6-8,10,12H,3-5,15H2,1-2H3. The number of fused-ring (bicyclic) bond motifs is 1. The van der Waals surface area contributed by atoms with E-state index >= 15 is 0 Å². The Hall–Kier alpha value is -1.55. The number of rotatable bonds is 2. The summed E-state index contributed by atoms with van der Waals surface area (Å²) in [6.07, 6.45) is 7.23. The Morgan fingerprint density at radius 3 is 3.11 bits per heavy atom. The molecule has 1 aliphatic carbocycles. The molecule has 0 bridgehead atoms. The lowest BCUT2D eigenvalue weighted by atomic mass is 9.93. The fourth-order valence-electron chi connectivity index (χ4n) is 2.80. The third-order valence-corrected chi connectivity index (χ3v) is 3.80. The van der Waals surface area contributed by atoms with Crippen LogP contribution in [0.5, 0.6) is 0 Å². The van der Waals surface area contributed by atoms with Gasteiger partial charge < -0.3 is 14.7 Å². The van der Waals surface area contributed by atoms with E-state index in [1.54, 1.807) is 6.20 Å². The molecule has 0 aromatic carbocycles. The monoisotopic (exact) mass is 245 g/mol. The lowest BCUT2D eigenvalue weighted by Gasteiger charge is -2.22. The van der Waals surface area contributed by atoms with Crippen LogP contribution in [0.3, 0.4) is 0 Å². The van der Waals surface area contributed by atoms with Gasteiger partial charge in [-0.15, -0.1) is 0 Å². The summed E-state index contributed by atoms with van der Waals surface area (Å²) in [6, 6.07) is 2.46. The minimum absolute atomic E-state index is 0.132. The largest absolute Gasteiger partial charge is 0.444 e. The summed E-state index contributed by atoms with van der Waals surface area (Å²) < 4.78 is 7.87. The second-order valence-corrected chi connectivity index (χ2v) is 5.11. The number of hydrogen-bond donors (Lipinski definition) is 1. The SMILES string of the molecule is Cc1cnc(C(C)n2ccc3c2CCCC3N)o1. The Bertz CT molecular complexity index is 555. The first-order chi connectivity index (χ1) is 8.66. The van der Waals surface area contributed by atoms with Gasteiger partial charge in [0.1, 0.15) is 11.8 Å². The second kappa shape index (κ2) is 4.28. The van der Waals surface area contributed by atoms with E-state index in [9.17, 15) is 0 Å². The number of hydrogen-bond acceptors (Lipinski definition) is 3. The molecule has 0 spiro atoms. The van der Waals surface area contributed by atoms with E-state index in [1.807, 2.05) is 6.92 Å². The normalized spacial score (nSPS) is 20.7. The van der Waals surface area contributed by atoms with E-state index in [4.69, 9.17) is 10.2 Å². The maximum Gasteiger partial charge on any atom is 0.217 e. The summed E-state index contributed by atoms with van der Waals surface area (Å²) in [5, 5.41) is 0. The highest BCUT2D eigenvalue weighted by atomic mass is 16.4. The number of nitrogens with zero attached hydrogens (tertiary/aromatic N) is 2. The highest BCUT2D eigenvalue weighted by molar-refractivity contribution is 5.29. The molecule has 0 saturated carbocycles. The minimum Gasteiger partial charge on any atom is -0.444 e. The Balaban J connectivity index is 1.97. The van der Waals surface area contributed by atoms with Gasteiger partial charge in [0.15, 0.2) is 0 Å². The number of oxazole rings is 1. The molecule has 2 aromatic rings. The summed E-state index contributed by atoms with van der Waals surface area (Å²) in [4.78, 5) is 4.32. The van der Waals surface area contributed by atoms with Gasteiger partial charge in [-0.05, 0) is 44.7 Å². The van der Waals surface area contributed by atoms with Crippen LogP contribution in [0.15, 0.2) is 22.9 Å². The lowest BCUT2D eigenvalue weighted by Crippen LogP contribution is -2.19. The molecule has 0 amide bonds.